The lowest BCUT2D eigenvalue weighted by Crippen LogP contribution is -2.52. The van der Waals surface area contributed by atoms with Crippen molar-refractivity contribution in [2.75, 3.05) is 42.6 Å². The molecule has 9 heteroatoms. The SMILES string of the molecule is Oc1cc(N2CCc3c(nc(OCC45CCCN4C4CCCCC4C5)nc3N3CC4CCC(C3)N4)C2)c2c(Br)cccc2c1. The van der Waals surface area contributed by atoms with Crippen LogP contribution in [0.4, 0.5) is 11.5 Å². The molecule has 5 unspecified atom stereocenters. The van der Waals surface area contributed by atoms with Gasteiger partial charge in [-0.25, -0.2) is 0 Å². The molecule has 1 saturated carbocycles. The summed E-state index contributed by atoms with van der Waals surface area (Å²) in [7, 11) is 0. The molecule has 8 nitrogen and oxygen atoms in total. The minimum atomic E-state index is 0.145. The normalized spacial score (nSPS) is 31.3. The number of phenols is 1. The fourth-order valence-electron chi connectivity index (χ4n) is 9.92. The largest absolute Gasteiger partial charge is 0.508 e. The van der Waals surface area contributed by atoms with Crippen molar-refractivity contribution in [1.82, 2.24) is 20.2 Å². The zero-order chi connectivity index (χ0) is 29.4. The average Bonchev–Trinajstić information content (AvgIpc) is 3.69. The smallest absolute Gasteiger partial charge is 0.318 e. The molecule has 0 amide bonds. The highest BCUT2D eigenvalue weighted by Gasteiger charge is 2.54. The van der Waals surface area contributed by atoms with E-state index >= 15 is 0 Å². The Morgan fingerprint density at radius 3 is 2.75 bits per heavy atom. The zero-order valence-electron chi connectivity index (χ0n) is 25.5. The van der Waals surface area contributed by atoms with Crippen molar-refractivity contribution >= 4 is 38.2 Å². The molecule has 1 aromatic heterocycles. The first-order valence-electron chi connectivity index (χ1n) is 17.0. The first-order chi connectivity index (χ1) is 21.5. The summed E-state index contributed by atoms with van der Waals surface area (Å²) in [4.78, 5) is 18.1. The highest BCUT2D eigenvalue weighted by molar-refractivity contribution is 9.10. The molecule has 3 aromatic rings. The van der Waals surface area contributed by atoms with E-state index in [1.807, 2.05) is 18.2 Å². The van der Waals surface area contributed by atoms with Crippen LogP contribution in [0.15, 0.2) is 34.8 Å². The third kappa shape index (κ3) is 4.59. The molecule has 6 aliphatic rings. The number of aromatic hydroxyl groups is 1. The van der Waals surface area contributed by atoms with E-state index < -0.39 is 0 Å². The Hall–Kier alpha value is -2.62. The van der Waals surface area contributed by atoms with Gasteiger partial charge in [-0.1, -0.05) is 40.9 Å². The number of benzene rings is 2. The Morgan fingerprint density at radius 1 is 1.00 bits per heavy atom. The monoisotopic (exact) mass is 658 g/mol. The standard InChI is InChI=1S/C35H43BrN6O2/c36-28-7-3-6-22-15-26(43)16-31(32(22)28)40-14-11-27-29(20-40)38-34(39-33(27)41-18-24-9-10-25(19-41)37-24)44-21-35-12-4-13-42(35)30-8-2-1-5-23(30)17-35/h3,6-7,15-16,23-25,30,37,43H,1-2,4-5,8-14,17-21H2. The maximum Gasteiger partial charge on any atom is 0.318 e. The zero-order valence-corrected chi connectivity index (χ0v) is 27.1. The minimum Gasteiger partial charge on any atom is -0.508 e. The van der Waals surface area contributed by atoms with Crippen LogP contribution in [0.3, 0.4) is 0 Å². The van der Waals surface area contributed by atoms with Crippen molar-refractivity contribution < 1.29 is 9.84 Å². The molecule has 4 saturated heterocycles. The van der Waals surface area contributed by atoms with Crippen LogP contribution in [-0.4, -0.2) is 76.4 Å². The van der Waals surface area contributed by atoms with Crippen molar-refractivity contribution in [3.8, 4) is 11.8 Å². The maximum atomic E-state index is 10.7. The number of hydrogen-bond acceptors (Lipinski definition) is 8. The van der Waals surface area contributed by atoms with E-state index in [-0.39, 0.29) is 11.3 Å². The Bertz CT molecular complexity index is 1590. The number of anilines is 2. The van der Waals surface area contributed by atoms with Gasteiger partial charge in [0.25, 0.3) is 0 Å². The topological polar surface area (TPSA) is 77.0 Å². The van der Waals surface area contributed by atoms with Gasteiger partial charge in [-0.3, -0.25) is 4.90 Å². The van der Waals surface area contributed by atoms with Crippen LogP contribution in [0.5, 0.6) is 11.8 Å². The first-order valence-corrected chi connectivity index (χ1v) is 17.8. The molecule has 2 aromatic carbocycles. The Kier molecular flexibility index (Phi) is 6.75. The van der Waals surface area contributed by atoms with Crippen LogP contribution >= 0.6 is 15.9 Å². The number of aromatic nitrogens is 2. The van der Waals surface area contributed by atoms with Crippen LogP contribution in [0.2, 0.25) is 0 Å². The number of phenolic OH excluding ortho intramolecular Hbond substituents is 1. The Morgan fingerprint density at radius 2 is 1.86 bits per heavy atom. The lowest BCUT2D eigenvalue weighted by Gasteiger charge is -2.38. The minimum absolute atomic E-state index is 0.145. The summed E-state index contributed by atoms with van der Waals surface area (Å²) < 4.78 is 7.78. The molecule has 1 aliphatic carbocycles. The fourth-order valence-corrected chi connectivity index (χ4v) is 10.5. The highest BCUT2D eigenvalue weighted by atomic mass is 79.9. The van der Waals surface area contributed by atoms with E-state index in [9.17, 15) is 5.11 Å². The third-order valence-corrected chi connectivity index (χ3v) is 12.5. The van der Waals surface area contributed by atoms with Crippen molar-refractivity contribution in [3.05, 3.63) is 46.1 Å². The summed E-state index contributed by atoms with van der Waals surface area (Å²) in [5.74, 6) is 2.21. The van der Waals surface area contributed by atoms with Crippen LogP contribution < -0.4 is 19.9 Å². The second kappa shape index (κ2) is 10.7. The third-order valence-electron chi connectivity index (χ3n) is 11.8. The lowest BCUT2D eigenvalue weighted by molar-refractivity contribution is 0.0774. The van der Waals surface area contributed by atoms with Crippen LogP contribution in [-0.2, 0) is 13.0 Å². The summed E-state index contributed by atoms with van der Waals surface area (Å²) >= 11 is 3.79. The predicted molar refractivity (Wildman–Crippen MR) is 177 cm³/mol. The van der Waals surface area contributed by atoms with Gasteiger partial charge >= 0.3 is 6.01 Å². The molecule has 0 radical (unpaired) electrons. The van der Waals surface area contributed by atoms with E-state index in [0.717, 1.165) is 70.5 Å². The summed E-state index contributed by atoms with van der Waals surface area (Å²) in [5, 5.41) is 16.6. The number of rotatable bonds is 5. The number of piperazine rings is 1. The second-order valence-corrected chi connectivity index (χ2v) is 15.3. The molecule has 9 rings (SSSR count). The average molecular weight is 660 g/mol. The number of hydrogen-bond donors (Lipinski definition) is 2. The second-order valence-electron chi connectivity index (χ2n) is 14.4. The van der Waals surface area contributed by atoms with Crippen molar-refractivity contribution in [1.29, 1.82) is 0 Å². The fraction of sp³-hybridized carbons (Fsp3) is 0.600. The molecule has 44 heavy (non-hydrogen) atoms. The van der Waals surface area contributed by atoms with Gasteiger partial charge in [0.15, 0.2) is 0 Å². The van der Waals surface area contributed by atoms with Gasteiger partial charge in [0.1, 0.15) is 18.2 Å². The molecule has 0 spiro atoms. The molecule has 5 aliphatic heterocycles. The number of halogens is 1. The number of ether oxygens (including phenoxy) is 1. The van der Waals surface area contributed by atoms with Gasteiger partial charge in [-0.2, -0.15) is 9.97 Å². The summed E-state index contributed by atoms with van der Waals surface area (Å²) in [5.41, 5.74) is 3.51. The summed E-state index contributed by atoms with van der Waals surface area (Å²) in [6, 6.07) is 12.3. The molecule has 232 valence electrons. The summed E-state index contributed by atoms with van der Waals surface area (Å²) in [6.45, 7) is 5.42. The Balaban J connectivity index is 1.06. The molecule has 2 N–H and O–H groups in total. The lowest BCUT2D eigenvalue weighted by atomic mass is 9.82. The van der Waals surface area contributed by atoms with Crippen molar-refractivity contribution in [2.24, 2.45) is 5.92 Å². The van der Waals surface area contributed by atoms with Gasteiger partial charge < -0.3 is 25.0 Å². The van der Waals surface area contributed by atoms with E-state index in [1.54, 1.807) is 0 Å². The molecule has 2 bridgehead atoms. The van der Waals surface area contributed by atoms with Crippen molar-refractivity contribution in [2.45, 2.75) is 94.4 Å². The maximum absolute atomic E-state index is 10.7. The van der Waals surface area contributed by atoms with Gasteiger partial charge in [0.2, 0.25) is 0 Å². The quantitative estimate of drug-likeness (QED) is 0.358. The number of fused-ring (bicyclic) bond motifs is 7. The van der Waals surface area contributed by atoms with Gasteiger partial charge in [0.05, 0.1) is 17.8 Å². The first kappa shape index (κ1) is 27.7. The highest BCUT2D eigenvalue weighted by Crippen LogP contribution is 2.50. The molecular weight excluding hydrogens is 616 g/mol. The number of nitrogens with one attached hydrogen (secondary N) is 1. The van der Waals surface area contributed by atoms with Gasteiger partial charge in [-0.05, 0) is 81.3 Å². The Labute approximate surface area is 268 Å². The molecule has 5 fully saturated rings. The van der Waals surface area contributed by atoms with Gasteiger partial charge in [0, 0.05) is 64.9 Å². The molecular formula is C35H43BrN6O2. The van der Waals surface area contributed by atoms with E-state index in [0.29, 0.717) is 31.2 Å². The van der Waals surface area contributed by atoms with E-state index in [4.69, 9.17) is 14.7 Å². The molecule has 5 atom stereocenters. The predicted octanol–water partition coefficient (Wildman–Crippen LogP) is 5.78. The molecule has 6 heterocycles. The van der Waals surface area contributed by atoms with E-state index in [2.05, 4.69) is 48.1 Å². The van der Waals surface area contributed by atoms with E-state index in [1.165, 1.54) is 69.9 Å². The van der Waals surface area contributed by atoms with Crippen LogP contribution in [0, 0.1) is 5.92 Å². The van der Waals surface area contributed by atoms with Crippen LogP contribution in [0.1, 0.15) is 69.0 Å². The summed E-state index contributed by atoms with van der Waals surface area (Å²) in [6.07, 6.45) is 12.6. The van der Waals surface area contributed by atoms with Crippen molar-refractivity contribution in [3.63, 3.8) is 0 Å². The number of nitrogens with zero attached hydrogens (tertiary/aromatic N) is 5. The van der Waals surface area contributed by atoms with Crippen LogP contribution in [0.25, 0.3) is 10.8 Å². The van der Waals surface area contributed by atoms with Gasteiger partial charge in [-0.15, -0.1) is 0 Å².